The Morgan fingerprint density at radius 1 is 0.909 bits per heavy atom. The highest BCUT2D eigenvalue weighted by Gasteiger charge is 2.26. The van der Waals surface area contributed by atoms with Gasteiger partial charge in [-0.2, -0.15) is 0 Å². The Bertz CT molecular complexity index is 903. The highest BCUT2D eigenvalue weighted by Crippen LogP contribution is 2.29. The molecule has 0 aliphatic carbocycles. The van der Waals surface area contributed by atoms with E-state index in [1.165, 1.54) is 18.5 Å². The molecule has 4 rings (SSSR count). The van der Waals surface area contributed by atoms with E-state index in [1.54, 1.807) is 0 Å². The molecule has 6 heteroatoms. The van der Waals surface area contributed by atoms with Gasteiger partial charge in [-0.1, -0.05) is 55.3 Å². The molecule has 2 heterocycles. The summed E-state index contributed by atoms with van der Waals surface area (Å²) in [6.45, 7) is 12.6. The van der Waals surface area contributed by atoms with Crippen LogP contribution in [0.3, 0.4) is 0 Å². The van der Waals surface area contributed by atoms with Gasteiger partial charge in [0.05, 0.1) is 6.54 Å². The molecule has 0 bridgehead atoms. The first kappa shape index (κ1) is 24.1. The summed E-state index contributed by atoms with van der Waals surface area (Å²) in [6.07, 6.45) is 2.46. The van der Waals surface area contributed by atoms with Gasteiger partial charge in [0.15, 0.2) is 0 Å². The average molecular weight is 469 g/mol. The van der Waals surface area contributed by atoms with E-state index >= 15 is 0 Å². The molecule has 1 amide bonds. The minimum Gasteiger partial charge on any atom is -0.369 e. The van der Waals surface area contributed by atoms with Crippen molar-refractivity contribution in [2.75, 3.05) is 63.8 Å². The van der Waals surface area contributed by atoms with Crippen molar-refractivity contribution in [3.05, 3.63) is 53.6 Å². The molecule has 1 unspecified atom stereocenters. The first-order chi connectivity index (χ1) is 16.0. The molecule has 33 heavy (non-hydrogen) atoms. The van der Waals surface area contributed by atoms with Gasteiger partial charge < -0.3 is 9.80 Å². The van der Waals surface area contributed by atoms with Crippen molar-refractivity contribution in [1.29, 1.82) is 0 Å². The third-order valence-electron chi connectivity index (χ3n) is 7.15. The molecule has 5 nitrogen and oxygen atoms in total. The summed E-state index contributed by atoms with van der Waals surface area (Å²) in [5.74, 6) is 0.287. The lowest BCUT2D eigenvalue weighted by molar-refractivity contribution is -0.134. The topological polar surface area (TPSA) is 30.0 Å². The summed E-state index contributed by atoms with van der Waals surface area (Å²) in [7, 11) is 0. The number of piperazine rings is 2. The monoisotopic (exact) mass is 468 g/mol. The predicted molar refractivity (Wildman–Crippen MR) is 138 cm³/mol. The van der Waals surface area contributed by atoms with Crippen molar-refractivity contribution in [2.24, 2.45) is 0 Å². The number of hydrogen-bond donors (Lipinski definition) is 0. The van der Waals surface area contributed by atoms with Crippen LogP contribution in [0.15, 0.2) is 48.5 Å². The quantitative estimate of drug-likeness (QED) is 0.600. The molecule has 2 fully saturated rings. The third kappa shape index (κ3) is 6.08. The van der Waals surface area contributed by atoms with Crippen LogP contribution in [-0.2, 0) is 4.79 Å². The Hall–Kier alpha value is -2.08. The van der Waals surface area contributed by atoms with Gasteiger partial charge in [0.2, 0.25) is 5.91 Å². The summed E-state index contributed by atoms with van der Waals surface area (Å²) in [4.78, 5) is 22.2. The third-order valence-corrected chi connectivity index (χ3v) is 7.47. The number of nitrogens with zero attached hydrogens (tertiary/aromatic N) is 4. The highest BCUT2D eigenvalue weighted by atomic mass is 35.5. The largest absolute Gasteiger partial charge is 0.369 e. The van der Waals surface area contributed by atoms with Crippen molar-refractivity contribution in [3.63, 3.8) is 0 Å². The van der Waals surface area contributed by atoms with Crippen LogP contribution in [0.4, 0.5) is 5.69 Å². The van der Waals surface area contributed by atoms with Gasteiger partial charge >= 0.3 is 0 Å². The van der Waals surface area contributed by atoms with E-state index in [4.69, 9.17) is 11.6 Å². The van der Waals surface area contributed by atoms with Crippen molar-refractivity contribution >= 4 is 23.2 Å². The fourth-order valence-electron chi connectivity index (χ4n) is 5.02. The molecule has 0 N–H and O–H groups in total. The van der Waals surface area contributed by atoms with Gasteiger partial charge in [-0.3, -0.25) is 14.6 Å². The van der Waals surface area contributed by atoms with Crippen molar-refractivity contribution in [3.8, 4) is 11.1 Å². The Kier molecular flexibility index (Phi) is 8.29. The number of halogens is 1. The maximum absolute atomic E-state index is 12.9. The molecule has 0 radical (unpaired) electrons. The van der Waals surface area contributed by atoms with Gasteiger partial charge in [0.25, 0.3) is 0 Å². The minimum absolute atomic E-state index is 0.287. The Morgan fingerprint density at radius 2 is 1.58 bits per heavy atom. The summed E-state index contributed by atoms with van der Waals surface area (Å²) in [5.41, 5.74) is 3.43. The maximum Gasteiger partial charge on any atom is 0.236 e. The predicted octanol–water partition coefficient (Wildman–Crippen LogP) is 4.46. The fourth-order valence-corrected chi connectivity index (χ4v) is 5.26. The van der Waals surface area contributed by atoms with E-state index in [0.29, 0.717) is 12.6 Å². The molecule has 2 aromatic carbocycles. The van der Waals surface area contributed by atoms with E-state index in [-0.39, 0.29) is 5.91 Å². The van der Waals surface area contributed by atoms with E-state index in [0.717, 1.165) is 68.5 Å². The Morgan fingerprint density at radius 3 is 2.21 bits per heavy atom. The Balaban J connectivity index is 1.23. The normalized spacial score (nSPS) is 19.0. The van der Waals surface area contributed by atoms with E-state index in [2.05, 4.69) is 63.8 Å². The molecule has 2 aliphatic heterocycles. The summed E-state index contributed by atoms with van der Waals surface area (Å²) in [6, 6.07) is 17.2. The van der Waals surface area contributed by atoms with Crippen LogP contribution < -0.4 is 4.90 Å². The molecule has 0 spiro atoms. The zero-order chi connectivity index (χ0) is 23.2. The van der Waals surface area contributed by atoms with Crippen LogP contribution in [0.5, 0.6) is 0 Å². The van der Waals surface area contributed by atoms with Crippen molar-refractivity contribution in [1.82, 2.24) is 14.7 Å². The first-order valence-corrected chi connectivity index (χ1v) is 12.8. The molecular weight excluding hydrogens is 432 g/mol. The number of hydrogen-bond acceptors (Lipinski definition) is 4. The van der Waals surface area contributed by atoms with Gasteiger partial charge in [-0.05, 0) is 37.1 Å². The molecular formula is C27H37ClN4O. The fraction of sp³-hybridized carbons (Fsp3) is 0.519. The van der Waals surface area contributed by atoms with Gasteiger partial charge in [-0.25, -0.2) is 0 Å². The number of carbonyl (C=O) groups is 1. The molecule has 2 saturated heterocycles. The van der Waals surface area contributed by atoms with Crippen LogP contribution in [0.25, 0.3) is 11.1 Å². The lowest BCUT2D eigenvalue weighted by Gasteiger charge is -2.40. The number of amides is 1. The van der Waals surface area contributed by atoms with Crippen LogP contribution in [0, 0.1) is 0 Å². The van der Waals surface area contributed by atoms with Crippen molar-refractivity contribution < 1.29 is 4.79 Å². The second-order valence-electron chi connectivity index (χ2n) is 9.34. The molecule has 2 aromatic rings. The Labute approximate surface area is 203 Å². The van der Waals surface area contributed by atoms with Crippen LogP contribution in [-0.4, -0.2) is 85.6 Å². The smallest absolute Gasteiger partial charge is 0.236 e. The lowest BCUT2D eigenvalue weighted by atomic mass is 10.0. The van der Waals surface area contributed by atoms with E-state index < -0.39 is 0 Å². The summed E-state index contributed by atoms with van der Waals surface area (Å²) in [5, 5.41) is 0.778. The number of carbonyl (C=O) groups excluding carboxylic acids is 1. The van der Waals surface area contributed by atoms with Crippen LogP contribution >= 0.6 is 11.6 Å². The summed E-state index contributed by atoms with van der Waals surface area (Å²) >= 11 is 6.35. The lowest BCUT2D eigenvalue weighted by Crippen LogP contribution is -2.55. The number of rotatable bonds is 7. The zero-order valence-electron chi connectivity index (χ0n) is 20.0. The van der Waals surface area contributed by atoms with Crippen molar-refractivity contribution in [2.45, 2.75) is 32.7 Å². The second-order valence-corrected chi connectivity index (χ2v) is 9.75. The van der Waals surface area contributed by atoms with Crippen LogP contribution in [0.1, 0.15) is 26.7 Å². The molecule has 0 aromatic heterocycles. The number of benzene rings is 2. The highest BCUT2D eigenvalue weighted by molar-refractivity contribution is 6.33. The average Bonchev–Trinajstić information content (AvgIpc) is 2.85. The summed E-state index contributed by atoms with van der Waals surface area (Å²) < 4.78 is 0. The number of anilines is 1. The van der Waals surface area contributed by atoms with E-state index in [1.807, 2.05) is 18.2 Å². The zero-order valence-corrected chi connectivity index (χ0v) is 20.8. The van der Waals surface area contributed by atoms with Gasteiger partial charge in [-0.15, -0.1) is 0 Å². The second kappa shape index (κ2) is 11.4. The maximum atomic E-state index is 12.9. The van der Waals surface area contributed by atoms with Crippen LogP contribution in [0.2, 0.25) is 5.02 Å². The standard InChI is InChI=1S/C27H37ClN4O/c1-3-6-22(2)30-17-19-32(20-18-30)27(33)21-29-13-15-31(16-14-29)24-11-9-23(10-12-24)25-7-4-5-8-26(25)28/h4-5,7-12,22H,3,6,13-21H2,1-2H3. The van der Waals surface area contributed by atoms with E-state index in [9.17, 15) is 4.79 Å². The molecule has 2 aliphatic rings. The SMILES string of the molecule is CCCC(C)N1CCN(C(=O)CN2CCN(c3ccc(-c4ccccc4Cl)cc3)CC2)CC1. The van der Waals surface area contributed by atoms with Gasteiger partial charge in [0, 0.05) is 74.7 Å². The van der Waals surface area contributed by atoms with Gasteiger partial charge in [0.1, 0.15) is 0 Å². The minimum atomic E-state index is 0.287. The molecule has 0 saturated carbocycles. The first-order valence-electron chi connectivity index (χ1n) is 12.4. The molecule has 178 valence electrons. The molecule has 1 atom stereocenters.